The van der Waals surface area contributed by atoms with Crippen LogP contribution in [0, 0.1) is 0 Å². The molecule has 2 heterocycles. The molecule has 0 fully saturated rings. The van der Waals surface area contributed by atoms with E-state index < -0.39 is 163 Å². The van der Waals surface area contributed by atoms with Crippen molar-refractivity contribution in [3.8, 4) is 0 Å². The number of hydrogen-bond acceptors (Lipinski definition) is 20. The Morgan fingerprint density at radius 3 is 1.56 bits per heavy atom. The number of aromatic amines is 2. The monoisotopic (exact) mass is 1410 g/mol. The fraction of sp³-hybridized carbons (Fsp3) is 0.542. The Balaban J connectivity index is 1.87. The van der Waals surface area contributed by atoms with E-state index in [1.54, 1.807) is 30.5 Å². The summed E-state index contributed by atoms with van der Waals surface area (Å²) < 4.78 is 0. The van der Waals surface area contributed by atoms with Gasteiger partial charge in [0, 0.05) is 67.9 Å². The number of carbonyl (C=O) groups is 14. The highest BCUT2D eigenvalue weighted by Crippen LogP contribution is 2.20. The van der Waals surface area contributed by atoms with Gasteiger partial charge in [-0.3, -0.25) is 72.3 Å². The standard InChI is InChI=1S/C59H95N25O16/c1-30(47(89)77-31(2)56(98)99)76-50(92)39(14-7-19-69-57(63)64)83-55(97)43(28-85)78-46(88)27-73-45(87)26-74-49(91)37(13-9-21-71-59(67)100)80-51(93)38(12-5-6-18-60)82-54(96)42(22-32-24-72-36-11-4-3-10-34(32)36)84-52(94)40(15-8-20-70-58(65)66)81-53(95)41(16-17-44(62)86)79-48(90)35(61)23-33-25-68-29-75-33/h3-4,10-11,24-25,29-31,35,37-43,72,85H,5-9,12-23,26-28,60-61H2,1-2H3,(H2,62,86)(H,68,75)(H,73,87)(H,74,91)(H,76,92)(H,77,89)(H,78,88)(H,79,90)(H,80,93)(H,81,95)(H,82,96)(H,83,97)(H,84,94)(H,98,99)(H4,63,64,69)(H4,65,66,70)(H3,67,71,100)/t30-,31-,35-,37-,38-,39-,40-,41-,42-,43-/m0/s1. The number of nitrogens with zero attached hydrogens (tertiary/aromatic N) is 3. The fourth-order valence-corrected chi connectivity index (χ4v) is 9.50. The minimum Gasteiger partial charge on any atom is -0.480 e. The number of carboxylic acid groups (broad SMARTS) is 1. The molecule has 0 bridgehead atoms. The first-order valence-corrected chi connectivity index (χ1v) is 31.9. The summed E-state index contributed by atoms with van der Waals surface area (Å²) in [7, 11) is 0. The summed E-state index contributed by atoms with van der Waals surface area (Å²) in [5, 5.41) is 49.0. The minimum absolute atomic E-state index is 0.00278. The molecule has 0 saturated carbocycles. The number of aliphatic carboxylic acids is 1. The van der Waals surface area contributed by atoms with Crippen LogP contribution in [0.1, 0.15) is 95.7 Å². The summed E-state index contributed by atoms with van der Waals surface area (Å²) in [5.74, 6) is -13.1. The van der Waals surface area contributed by atoms with Crippen LogP contribution in [-0.2, 0) is 75.2 Å². The molecule has 2 aromatic heterocycles. The molecule has 32 N–H and O–H groups in total. The molecular weight excluding hydrogens is 1310 g/mol. The molecule has 100 heavy (non-hydrogen) atoms. The summed E-state index contributed by atoms with van der Waals surface area (Å²) in [5.41, 5.74) is 46.2. The number of unbranched alkanes of at least 4 members (excludes halogenated alkanes) is 1. The number of guanidine groups is 2. The van der Waals surface area contributed by atoms with Crippen LogP contribution in [0.4, 0.5) is 4.79 Å². The van der Waals surface area contributed by atoms with Crippen LogP contribution < -0.4 is 110 Å². The number of hydrogen-bond donors (Lipinski definition) is 24. The highest BCUT2D eigenvalue weighted by Gasteiger charge is 2.35. The topological polar surface area (TPSA) is 701 Å². The Labute approximate surface area is 573 Å². The third-order valence-electron chi connectivity index (χ3n) is 14.9. The van der Waals surface area contributed by atoms with E-state index in [9.17, 15) is 72.2 Å². The number of aliphatic hydroxyl groups excluding tert-OH is 1. The van der Waals surface area contributed by atoms with Gasteiger partial charge in [0.2, 0.25) is 70.9 Å². The van der Waals surface area contributed by atoms with Crippen LogP contribution in [0.2, 0.25) is 0 Å². The Hall–Kier alpha value is -11.2. The van der Waals surface area contributed by atoms with E-state index in [0.717, 1.165) is 0 Å². The van der Waals surface area contributed by atoms with Gasteiger partial charge < -0.3 is 130 Å². The van der Waals surface area contributed by atoms with Crippen LogP contribution in [0.25, 0.3) is 10.9 Å². The molecule has 0 unspecified atom stereocenters. The predicted molar refractivity (Wildman–Crippen MR) is 360 cm³/mol. The highest BCUT2D eigenvalue weighted by atomic mass is 16.4. The molecule has 0 aliphatic carbocycles. The number of nitrogens with two attached hydrogens (primary N) is 8. The molecule has 1 aromatic carbocycles. The lowest BCUT2D eigenvalue weighted by molar-refractivity contribution is -0.141. The molecule has 552 valence electrons. The van der Waals surface area contributed by atoms with E-state index in [2.05, 4.69) is 88.7 Å². The first kappa shape index (κ1) is 83.0. The van der Waals surface area contributed by atoms with E-state index in [-0.39, 0.29) is 115 Å². The van der Waals surface area contributed by atoms with Gasteiger partial charge in [0.05, 0.1) is 32.1 Å². The number of imidazole rings is 1. The third kappa shape index (κ3) is 31.3. The van der Waals surface area contributed by atoms with Crippen LogP contribution in [0.5, 0.6) is 0 Å². The maximum Gasteiger partial charge on any atom is 0.325 e. The lowest BCUT2D eigenvalue weighted by atomic mass is 10.0. The lowest BCUT2D eigenvalue weighted by Gasteiger charge is -2.27. The normalized spacial score (nSPS) is 13.9. The molecule has 0 radical (unpaired) electrons. The molecule has 10 atom stereocenters. The maximum absolute atomic E-state index is 14.9. The zero-order chi connectivity index (χ0) is 74.4. The second kappa shape index (κ2) is 43.8. The van der Waals surface area contributed by atoms with Gasteiger partial charge in [-0.05, 0) is 96.2 Å². The molecule has 41 nitrogen and oxygen atoms in total. The number of urea groups is 1. The fourth-order valence-electron chi connectivity index (χ4n) is 9.50. The second-order valence-corrected chi connectivity index (χ2v) is 23.0. The van der Waals surface area contributed by atoms with Crippen molar-refractivity contribution in [1.82, 2.24) is 78.8 Å². The Bertz CT molecular complexity index is 3320. The van der Waals surface area contributed by atoms with Crippen molar-refractivity contribution in [2.45, 2.75) is 158 Å². The lowest BCUT2D eigenvalue weighted by Crippen LogP contribution is -2.60. The number of fused-ring (bicyclic) bond motifs is 1. The molecule has 14 amide bonds. The van der Waals surface area contributed by atoms with Crippen LogP contribution in [-0.4, -0.2) is 226 Å². The van der Waals surface area contributed by atoms with Gasteiger partial charge in [0.15, 0.2) is 11.9 Å². The van der Waals surface area contributed by atoms with Gasteiger partial charge >= 0.3 is 12.0 Å². The van der Waals surface area contributed by atoms with Gasteiger partial charge in [-0.15, -0.1) is 0 Å². The quantitative estimate of drug-likeness (QED) is 0.0142. The number of rotatable bonds is 47. The molecule has 0 aliphatic heterocycles. The Kier molecular flexibility index (Phi) is 36.4. The predicted octanol–water partition coefficient (Wildman–Crippen LogP) is -9.33. The van der Waals surface area contributed by atoms with Crippen LogP contribution in [0.15, 0.2) is 53.0 Å². The van der Waals surface area contributed by atoms with Crippen molar-refractivity contribution in [1.29, 1.82) is 0 Å². The van der Waals surface area contributed by atoms with Crippen LogP contribution in [0.3, 0.4) is 0 Å². The summed E-state index contributed by atoms with van der Waals surface area (Å²) in [6, 6.07) is -8.30. The number of para-hydroxylation sites is 1. The number of carbonyl (C=O) groups excluding carboxylic acids is 13. The summed E-state index contributed by atoms with van der Waals surface area (Å²) in [4.78, 5) is 203. The third-order valence-corrected chi connectivity index (χ3v) is 14.9. The number of benzene rings is 1. The zero-order valence-electron chi connectivity index (χ0n) is 55.5. The molecule has 41 heteroatoms. The van der Waals surface area contributed by atoms with Gasteiger partial charge in [-0.1, -0.05) is 18.2 Å². The molecule has 0 saturated heterocycles. The number of carboxylic acids is 1. The summed E-state index contributed by atoms with van der Waals surface area (Å²) in [6.07, 6.45) is 3.62. The summed E-state index contributed by atoms with van der Waals surface area (Å²) >= 11 is 0. The SMILES string of the molecule is C[C@H](NC(=O)[C@H](C)NC(=O)[C@H](CCCN=C(N)N)NC(=O)[C@H](CO)NC(=O)CNC(=O)CNC(=O)[C@H](CCCNC(N)=O)NC(=O)[C@H](CCCCN)NC(=O)[C@H](Cc1c[nH]c2ccccc12)NC(=O)[C@H](CCCN=C(N)N)NC(=O)[C@H](CCC(N)=O)NC(=O)[C@@H](N)Cc1cnc[nH]1)C(=O)O. The first-order chi connectivity index (χ1) is 47.4. The number of aliphatic imine (C=N–C) groups is 2. The number of H-pyrrole nitrogens is 2. The van der Waals surface area contributed by atoms with Crippen molar-refractivity contribution in [2.75, 3.05) is 45.9 Å². The maximum atomic E-state index is 14.9. The highest BCUT2D eigenvalue weighted by molar-refractivity contribution is 5.99. The van der Waals surface area contributed by atoms with Crippen molar-refractivity contribution in [2.24, 2.45) is 55.9 Å². The molecule has 3 aromatic rings. The first-order valence-electron chi connectivity index (χ1n) is 31.9. The van der Waals surface area contributed by atoms with Gasteiger partial charge in [-0.2, -0.15) is 0 Å². The summed E-state index contributed by atoms with van der Waals surface area (Å²) in [6.45, 7) is -0.210. The minimum atomic E-state index is -1.73. The molecular formula is C59H95N25O16. The van der Waals surface area contributed by atoms with Crippen LogP contribution >= 0.6 is 0 Å². The van der Waals surface area contributed by atoms with Crippen molar-refractivity contribution in [3.05, 3.63) is 54.2 Å². The average molecular weight is 1410 g/mol. The number of aliphatic hydroxyl groups is 1. The van der Waals surface area contributed by atoms with E-state index >= 15 is 0 Å². The van der Waals surface area contributed by atoms with Gasteiger partial charge in [0.25, 0.3) is 0 Å². The van der Waals surface area contributed by atoms with Gasteiger partial charge in [-0.25, -0.2) is 9.78 Å². The molecule has 3 rings (SSSR count). The number of primary amides is 2. The van der Waals surface area contributed by atoms with E-state index in [1.807, 2.05) is 0 Å². The van der Waals surface area contributed by atoms with Crippen molar-refractivity contribution >= 4 is 106 Å². The Morgan fingerprint density at radius 2 is 1.02 bits per heavy atom. The van der Waals surface area contributed by atoms with E-state index in [1.165, 1.54) is 26.4 Å². The number of amides is 14. The number of nitrogens with one attached hydrogen (secondary N) is 14. The van der Waals surface area contributed by atoms with Gasteiger partial charge in [0.1, 0.15) is 54.4 Å². The Morgan fingerprint density at radius 1 is 0.520 bits per heavy atom. The van der Waals surface area contributed by atoms with E-state index in [0.29, 0.717) is 28.6 Å². The smallest absolute Gasteiger partial charge is 0.325 e. The molecule has 0 aliphatic rings. The largest absolute Gasteiger partial charge is 0.480 e. The van der Waals surface area contributed by atoms with E-state index in [4.69, 9.17) is 51.0 Å². The zero-order valence-corrected chi connectivity index (χ0v) is 55.5. The molecule has 0 spiro atoms. The van der Waals surface area contributed by atoms with Crippen molar-refractivity contribution < 1.29 is 77.3 Å². The van der Waals surface area contributed by atoms with Crippen molar-refractivity contribution in [3.63, 3.8) is 0 Å². The second-order valence-electron chi connectivity index (χ2n) is 23.0. The number of aromatic nitrogens is 3. The average Bonchev–Trinajstić information content (AvgIpc) is 1.64.